The standard InChI is InChI=1S/C11H17BrN2/c1-2-3-4-5-10(13)11-7-6-9(12)8-14-11/h6-8,10H,2-5,13H2,1H3/t10-/m0/s1. The fraction of sp³-hybridized carbons (Fsp3) is 0.545. The van der Waals surface area contributed by atoms with Gasteiger partial charge in [-0.25, -0.2) is 0 Å². The third-order valence-electron chi connectivity index (χ3n) is 2.25. The quantitative estimate of drug-likeness (QED) is 0.821. The van der Waals surface area contributed by atoms with E-state index in [2.05, 4.69) is 27.8 Å². The van der Waals surface area contributed by atoms with Crippen LogP contribution in [0.3, 0.4) is 0 Å². The summed E-state index contributed by atoms with van der Waals surface area (Å²) in [4.78, 5) is 4.29. The van der Waals surface area contributed by atoms with Gasteiger partial charge < -0.3 is 5.73 Å². The molecule has 1 rings (SSSR count). The Hall–Kier alpha value is -0.410. The summed E-state index contributed by atoms with van der Waals surface area (Å²) in [6, 6.07) is 4.07. The summed E-state index contributed by atoms with van der Waals surface area (Å²) < 4.78 is 1.00. The van der Waals surface area contributed by atoms with Gasteiger partial charge in [-0.2, -0.15) is 0 Å². The predicted octanol–water partition coefficient (Wildman–Crippen LogP) is 3.42. The van der Waals surface area contributed by atoms with Crippen molar-refractivity contribution in [3.05, 3.63) is 28.5 Å². The molecule has 2 N–H and O–H groups in total. The molecule has 0 spiro atoms. The lowest BCUT2D eigenvalue weighted by molar-refractivity contribution is 0.570. The van der Waals surface area contributed by atoms with Crippen molar-refractivity contribution in [2.45, 2.75) is 38.6 Å². The summed E-state index contributed by atoms with van der Waals surface area (Å²) in [7, 11) is 0. The molecule has 0 fully saturated rings. The van der Waals surface area contributed by atoms with Gasteiger partial charge in [0.2, 0.25) is 0 Å². The molecule has 0 amide bonds. The highest BCUT2D eigenvalue weighted by Gasteiger charge is 2.06. The Morgan fingerprint density at radius 3 is 2.79 bits per heavy atom. The van der Waals surface area contributed by atoms with Gasteiger partial charge in [-0.05, 0) is 34.5 Å². The smallest absolute Gasteiger partial charge is 0.0571 e. The first-order valence-corrected chi connectivity index (χ1v) is 5.90. The zero-order valence-corrected chi connectivity index (χ0v) is 10.1. The van der Waals surface area contributed by atoms with Gasteiger partial charge in [0.15, 0.2) is 0 Å². The van der Waals surface area contributed by atoms with Crippen LogP contribution in [0.25, 0.3) is 0 Å². The minimum atomic E-state index is 0.0923. The average molecular weight is 257 g/mol. The number of nitrogens with zero attached hydrogens (tertiary/aromatic N) is 1. The van der Waals surface area contributed by atoms with Crippen molar-refractivity contribution in [3.63, 3.8) is 0 Å². The van der Waals surface area contributed by atoms with Crippen LogP contribution in [-0.4, -0.2) is 4.98 Å². The SMILES string of the molecule is CCCCC[C@H](N)c1ccc(Br)cn1. The fourth-order valence-corrected chi connectivity index (χ4v) is 1.60. The molecule has 0 aliphatic carbocycles. The van der Waals surface area contributed by atoms with Crippen LogP contribution in [0.4, 0.5) is 0 Å². The van der Waals surface area contributed by atoms with E-state index in [-0.39, 0.29) is 6.04 Å². The van der Waals surface area contributed by atoms with Crippen molar-refractivity contribution in [1.82, 2.24) is 4.98 Å². The van der Waals surface area contributed by atoms with Crippen molar-refractivity contribution >= 4 is 15.9 Å². The molecule has 0 unspecified atom stereocenters. The lowest BCUT2D eigenvalue weighted by Gasteiger charge is -2.10. The van der Waals surface area contributed by atoms with Crippen molar-refractivity contribution in [3.8, 4) is 0 Å². The fourth-order valence-electron chi connectivity index (χ4n) is 1.37. The number of nitrogens with two attached hydrogens (primary N) is 1. The first kappa shape index (κ1) is 11.7. The van der Waals surface area contributed by atoms with Crippen molar-refractivity contribution < 1.29 is 0 Å². The molecule has 2 nitrogen and oxygen atoms in total. The normalized spacial score (nSPS) is 12.8. The Labute approximate surface area is 94.0 Å². The van der Waals surface area contributed by atoms with E-state index in [4.69, 9.17) is 5.73 Å². The molecule has 0 aliphatic heterocycles. The Bertz CT molecular complexity index is 258. The van der Waals surface area contributed by atoms with Crippen LogP contribution in [-0.2, 0) is 0 Å². The summed E-state index contributed by atoms with van der Waals surface area (Å²) in [6.07, 6.45) is 6.51. The van der Waals surface area contributed by atoms with Crippen LogP contribution in [0.5, 0.6) is 0 Å². The number of hydrogen-bond donors (Lipinski definition) is 1. The number of rotatable bonds is 5. The summed E-state index contributed by atoms with van der Waals surface area (Å²) in [6.45, 7) is 2.20. The van der Waals surface area contributed by atoms with Gasteiger partial charge in [0.25, 0.3) is 0 Å². The topological polar surface area (TPSA) is 38.9 Å². The lowest BCUT2D eigenvalue weighted by Crippen LogP contribution is -2.11. The minimum Gasteiger partial charge on any atom is -0.323 e. The van der Waals surface area contributed by atoms with E-state index in [1.54, 1.807) is 6.20 Å². The maximum absolute atomic E-state index is 6.01. The number of pyridine rings is 1. The number of halogens is 1. The number of unbranched alkanes of at least 4 members (excludes halogenated alkanes) is 2. The average Bonchev–Trinajstić information content (AvgIpc) is 2.19. The highest BCUT2D eigenvalue weighted by molar-refractivity contribution is 9.10. The van der Waals surface area contributed by atoms with E-state index in [9.17, 15) is 0 Å². The molecular formula is C11H17BrN2. The van der Waals surface area contributed by atoms with Crippen LogP contribution in [0, 0.1) is 0 Å². The zero-order valence-electron chi connectivity index (χ0n) is 8.54. The second kappa shape index (κ2) is 6.14. The third kappa shape index (κ3) is 3.76. The maximum Gasteiger partial charge on any atom is 0.0571 e. The largest absolute Gasteiger partial charge is 0.323 e. The molecule has 1 aromatic rings. The van der Waals surface area contributed by atoms with Gasteiger partial charge in [0.1, 0.15) is 0 Å². The first-order chi connectivity index (χ1) is 6.74. The molecule has 78 valence electrons. The van der Waals surface area contributed by atoms with Crippen LogP contribution < -0.4 is 5.73 Å². The molecule has 1 aromatic heterocycles. The molecule has 0 bridgehead atoms. The third-order valence-corrected chi connectivity index (χ3v) is 2.72. The highest BCUT2D eigenvalue weighted by atomic mass is 79.9. The minimum absolute atomic E-state index is 0.0923. The van der Waals surface area contributed by atoms with Gasteiger partial charge in [-0.1, -0.05) is 26.2 Å². The van der Waals surface area contributed by atoms with Crippen LogP contribution in [0.15, 0.2) is 22.8 Å². The second-order valence-electron chi connectivity index (χ2n) is 3.50. The Morgan fingerprint density at radius 2 is 2.21 bits per heavy atom. The van der Waals surface area contributed by atoms with E-state index in [0.717, 1.165) is 16.6 Å². The molecule has 0 aliphatic rings. The van der Waals surface area contributed by atoms with Crippen molar-refractivity contribution in [1.29, 1.82) is 0 Å². The van der Waals surface area contributed by atoms with Crippen LogP contribution >= 0.6 is 15.9 Å². The summed E-state index contributed by atoms with van der Waals surface area (Å²) in [5, 5.41) is 0. The molecular weight excluding hydrogens is 240 g/mol. The van der Waals surface area contributed by atoms with E-state index in [1.165, 1.54) is 19.3 Å². The second-order valence-corrected chi connectivity index (χ2v) is 4.42. The van der Waals surface area contributed by atoms with E-state index in [1.807, 2.05) is 12.1 Å². The van der Waals surface area contributed by atoms with Crippen molar-refractivity contribution in [2.75, 3.05) is 0 Å². The van der Waals surface area contributed by atoms with E-state index >= 15 is 0 Å². The molecule has 1 atom stereocenters. The Balaban J connectivity index is 2.43. The lowest BCUT2D eigenvalue weighted by atomic mass is 10.1. The van der Waals surface area contributed by atoms with E-state index < -0.39 is 0 Å². The van der Waals surface area contributed by atoms with Gasteiger partial charge >= 0.3 is 0 Å². The summed E-state index contributed by atoms with van der Waals surface area (Å²) >= 11 is 3.36. The Morgan fingerprint density at radius 1 is 1.43 bits per heavy atom. The summed E-state index contributed by atoms with van der Waals surface area (Å²) in [5.41, 5.74) is 7.00. The van der Waals surface area contributed by atoms with Crippen LogP contribution in [0.2, 0.25) is 0 Å². The van der Waals surface area contributed by atoms with Gasteiger partial charge in [0, 0.05) is 16.7 Å². The molecule has 0 radical (unpaired) electrons. The van der Waals surface area contributed by atoms with Crippen LogP contribution in [0.1, 0.15) is 44.3 Å². The molecule has 0 saturated carbocycles. The predicted molar refractivity (Wildman–Crippen MR) is 63.0 cm³/mol. The Kier molecular flexibility index (Phi) is 5.12. The highest BCUT2D eigenvalue weighted by Crippen LogP contribution is 2.17. The molecule has 14 heavy (non-hydrogen) atoms. The zero-order chi connectivity index (χ0) is 10.4. The molecule has 3 heteroatoms. The number of aromatic nitrogens is 1. The van der Waals surface area contributed by atoms with Gasteiger partial charge in [0.05, 0.1) is 5.69 Å². The van der Waals surface area contributed by atoms with E-state index in [0.29, 0.717) is 0 Å². The first-order valence-electron chi connectivity index (χ1n) is 5.11. The van der Waals surface area contributed by atoms with Crippen molar-refractivity contribution in [2.24, 2.45) is 5.73 Å². The van der Waals surface area contributed by atoms with Gasteiger partial charge in [-0.15, -0.1) is 0 Å². The molecule has 0 saturated heterocycles. The summed E-state index contributed by atoms with van der Waals surface area (Å²) in [5.74, 6) is 0. The maximum atomic E-state index is 6.01. The number of hydrogen-bond acceptors (Lipinski definition) is 2. The monoisotopic (exact) mass is 256 g/mol. The van der Waals surface area contributed by atoms with Gasteiger partial charge in [-0.3, -0.25) is 4.98 Å². The molecule has 0 aromatic carbocycles. The molecule has 1 heterocycles.